The van der Waals surface area contributed by atoms with Gasteiger partial charge in [0.15, 0.2) is 0 Å². The predicted molar refractivity (Wildman–Crippen MR) is 80.0 cm³/mol. The third-order valence-corrected chi connectivity index (χ3v) is 3.47. The molecule has 1 aromatic heterocycles. The van der Waals surface area contributed by atoms with Crippen LogP contribution in [0.4, 0.5) is 0 Å². The number of carbonyl (C=O) groups excluding carboxylic acids is 1. The van der Waals surface area contributed by atoms with E-state index in [1.165, 1.54) is 11.1 Å². The number of imidazole rings is 1. The minimum absolute atomic E-state index is 0.356. The number of hydrogen-bond donors (Lipinski definition) is 0. The lowest BCUT2D eigenvalue weighted by atomic mass is 10.0. The standard InChI is InChI=1S/C16H22N2O2/c1-5-7-8-12-9-11(3)10-13-14(12)17-15(18(13)4)16(19)20-6-2/h9-10H,5-8H2,1-4H3. The van der Waals surface area contributed by atoms with Gasteiger partial charge in [-0.3, -0.25) is 0 Å². The van der Waals surface area contributed by atoms with E-state index >= 15 is 0 Å². The maximum absolute atomic E-state index is 11.9. The van der Waals surface area contributed by atoms with Gasteiger partial charge in [0.2, 0.25) is 5.82 Å². The van der Waals surface area contributed by atoms with Crippen molar-refractivity contribution >= 4 is 17.0 Å². The first kappa shape index (κ1) is 14.6. The number of nitrogens with zero attached hydrogens (tertiary/aromatic N) is 2. The van der Waals surface area contributed by atoms with Crippen molar-refractivity contribution in [1.29, 1.82) is 0 Å². The number of unbranched alkanes of at least 4 members (excludes halogenated alkanes) is 1. The molecule has 0 spiro atoms. The fraction of sp³-hybridized carbons (Fsp3) is 0.500. The largest absolute Gasteiger partial charge is 0.460 e. The third kappa shape index (κ3) is 2.69. The van der Waals surface area contributed by atoms with Crippen molar-refractivity contribution in [1.82, 2.24) is 9.55 Å². The molecule has 0 amide bonds. The maximum Gasteiger partial charge on any atom is 0.374 e. The Labute approximate surface area is 119 Å². The number of aromatic nitrogens is 2. The molecule has 1 aromatic carbocycles. The molecule has 0 unspecified atom stereocenters. The zero-order valence-corrected chi connectivity index (χ0v) is 12.7. The van der Waals surface area contributed by atoms with E-state index in [2.05, 4.69) is 31.0 Å². The van der Waals surface area contributed by atoms with Crippen LogP contribution < -0.4 is 0 Å². The Bertz CT molecular complexity index is 629. The summed E-state index contributed by atoms with van der Waals surface area (Å²) in [6.45, 7) is 6.42. The first-order valence-corrected chi connectivity index (χ1v) is 7.21. The first-order chi connectivity index (χ1) is 9.58. The van der Waals surface area contributed by atoms with Gasteiger partial charge < -0.3 is 9.30 Å². The zero-order chi connectivity index (χ0) is 14.7. The van der Waals surface area contributed by atoms with Crippen molar-refractivity contribution in [2.45, 2.75) is 40.0 Å². The lowest BCUT2D eigenvalue weighted by Crippen LogP contribution is -2.11. The Morgan fingerprint density at radius 1 is 1.35 bits per heavy atom. The third-order valence-electron chi connectivity index (χ3n) is 3.47. The summed E-state index contributed by atoms with van der Waals surface area (Å²) in [6, 6.07) is 4.24. The minimum atomic E-state index is -0.356. The van der Waals surface area contributed by atoms with Gasteiger partial charge in [0.25, 0.3) is 0 Å². The van der Waals surface area contributed by atoms with Crippen LogP contribution in [0.5, 0.6) is 0 Å². The molecule has 2 aromatic rings. The second-order valence-electron chi connectivity index (χ2n) is 5.11. The summed E-state index contributed by atoms with van der Waals surface area (Å²) in [5.41, 5.74) is 4.34. The van der Waals surface area contributed by atoms with Crippen molar-refractivity contribution < 1.29 is 9.53 Å². The highest BCUT2D eigenvalue weighted by Crippen LogP contribution is 2.23. The summed E-state index contributed by atoms with van der Waals surface area (Å²) >= 11 is 0. The lowest BCUT2D eigenvalue weighted by molar-refractivity contribution is 0.0508. The van der Waals surface area contributed by atoms with Crippen molar-refractivity contribution in [2.24, 2.45) is 7.05 Å². The van der Waals surface area contributed by atoms with E-state index in [0.29, 0.717) is 12.4 Å². The van der Waals surface area contributed by atoms with Crippen LogP contribution in [0.25, 0.3) is 11.0 Å². The highest BCUT2D eigenvalue weighted by Gasteiger charge is 2.18. The molecular weight excluding hydrogens is 252 g/mol. The number of esters is 1. The summed E-state index contributed by atoms with van der Waals surface area (Å²) in [6.07, 6.45) is 3.27. The molecule has 0 aliphatic heterocycles. The lowest BCUT2D eigenvalue weighted by Gasteiger charge is -2.04. The molecule has 2 rings (SSSR count). The second kappa shape index (κ2) is 6.07. The summed E-state index contributed by atoms with van der Waals surface area (Å²) in [4.78, 5) is 16.5. The van der Waals surface area contributed by atoms with Gasteiger partial charge in [0, 0.05) is 7.05 Å². The van der Waals surface area contributed by atoms with Crippen LogP contribution in [0.2, 0.25) is 0 Å². The number of rotatable bonds is 5. The Morgan fingerprint density at radius 3 is 2.75 bits per heavy atom. The topological polar surface area (TPSA) is 44.1 Å². The molecule has 0 aliphatic carbocycles. The number of aryl methyl sites for hydroxylation is 3. The van der Waals surface area contributed by atoms with Gasteiger partial charge in [-0.25, -0.2) is 9.78 Å². The predicted octanol–water partition coefficient (Wildman–Crippen LogP) is 3.40. The van der Waals surface area contributed by atoms with E-state index in [4.69, 9.17) is 4.74 Å². The minimum Gasteiger partial charge on any atom is -0.460 e. The first-order valence-electron chi connectivity index (χ1n) is 7.21. The Hall–Kier alpha value is -1.84. The van der Waals surface area contributed by atoms with Crippen LogP contribution in [0.15, 0.2) is 12.1 Å². The van der Waals surface area contributed by atoms with Crippen LogP contribution in [0, 0.1) is 6.92 Å². The number of hydrogen-bond acceptors (Lipinski definition) is 3. The maximum atomic E-state index is 11.9. The highest BCUT2D eigenvalue weighted by molar-refractivity contribution is 5.92. The van der Waals surface area contributed by atoms with Crippen molar-refractivity contribution in [2.75, 3.05) is 6.61 Å². The van der Waals surface area contributed by atoms with Gasteiger partial charge in [-0.1, -0.05) is 19.4 Å². The van der Waals surface area contributed by atoms with Crippen LogP contribution in [-0.4, -0.2) is 22.1 Å². The van der Waals surface area contributed by atoms with E-state index in [9.17, 15) is 4.79 Å². The van der Waals surface area contributed by atoms with Gasteiger partial charge >= 0.3 is 5.97 Å². The number of benzene rings is 1. The normalized spacial score (nSPS) is 11.0. The number of carbonyl (C=O) groups is 1. The van der Waals surface area contributed by atoms with Gasteiger partial charge in [-0.15, -0.1) is 0 Å². The fourth-order valence-corrected chi connectivity index (χ4v) is 2.45. The van der Waals surface area contributed by atoms with E-state index in [0.717, 1.165) is 30.3 Å². The van der Waals surface area contributed by atoms with Gasteiger partial charge in [-0.2, -0.15) is 0 Å². The number of fused-ring (bicyclic) bond motifs is 1. The van der Waals surface area contributed by atoms with Crippen molar-refractivity contribution in [3.05, 3.63) is 29.1 Å². The Kier molecular flexibility index (Phi) is 4.42. The molecule has 0 aliphatic rings. The van der Waals surface area contributed by atoms with Gasteiger partial charge in [0.05, 0.1) is 17.6 Å². The second-order valence-corrected chi connectivity index (χ2v) is 5.11. The molecule has 20 heavy (non-hydrogen) atoms. The SMILES string of the molecule is CCCCc1cc(C)cc2c1nc(C(=O)OCC)n2C. The van der Waals surface area contributed by atoms with Crippen LogP contribution in [0.1, 0.15) is 48.4 Å². The van der Waals surface area contributed by atoms with Crippen LogP contribution in [-0.2, 0) is 18.2 Å². The van der Waals surface area contributed by atoms with E-state index in [1.54, 1.807) is 6.92 Å². The Morgan fingerprint density at radius 2 is 2.10 bits per heavy atom. The molecule has 1 heterocycles. The molecule has 0 fully saturated rings. The molecule has 0 saturated heterocycles. The average Bonchev–Trinajstić information content (AvgIpc) is 2.74. The van der Waals surface area contributed by atoms with Gasteiger partial charge in [0.1, 0.15) is 0 Å². The molecule has 4 heteroatoms. The summed E-state index contributed by atoms with van der Waals surface area (Å²) in [7, 11) is 1.87. The summed E-state index contributed by atoms with van der Waals surface area (Å²) < 4.78 is 6.90. The number of ether oxygens (including phenoxy) is 1. The van der Waals surface area contributed by atoms with E-state index in [1.807, 2.05) is 11.6 Å². The molecular formula is C16H22N2O2. The zero-order valence-electron chi connectivity index (χ0n) is 12.7. The van der Waals surface area contributed by atoms with Crippen molar-refractivity contribution in [3.63, 3.8) is 0 Å². The monoisotopic (exact) mass is 274 g/mol. The van der Waals surface area contributed by atoms with E-state index < -0.39 is 0 Å². The Balaban J connectivity index is 2.54. The molecule has 0 radical (unpaired) electrons. The highest BCUT2D eigenvalue weighted by atomic mass is 16.5. The van der Waals surface area contributed by atoms with Gasteiger partial charge in [-0.05, 0) is 43.9 Å². The molecule has 0 N–H and O–H groups in total. The fourth-order valence-electron chi connectivity index (χ4n) is 2.45. The summed E-state index contributed by atoms with van der Waals surface area (Å²) in [5.74, 6) is 0.0236. The quantitative estimate of drug-likeness (QED) is 0.785. The molecule has 0 bridgehead atoms. The van der Waals surface area contributed by atoms with Crippen molar-refractivity contribution in [3.8, 4) is 0 Å². The summed E-state index contributed by atoms with van der Waals surface area (Å²) in [5, 5.41) is 0. The van der Waals surface area contributed by atoms with Crippen LogP contribution in [0.3, 0.4) is 0 Å². The molecule has 0 atom stereocenters. The smallest absolute Gasteiger partial charge is 0.374 e. The average molecular weight is 274 g/mol. The van der Waals surface area contributed by atoms with Crippen LogP contribution >= 0.6 is 0 Å². The molecule has 4 nitrogen and oxygen atoms in total. The van der Waals surface area contributed by atoms with E-state index in [-0.39, 0.29) is 5.97 Å². The molecule has 108 valence electrons. The molecule has 0 saturated carbocycles.